The molecule has 0 aliphatic carbocycles. The standard InChI is InChI=1S/C13H19N3O4S/c1-4-5-14-12(19)8(2)21-13-15-9(6-10(17)16-13)7-11(18)20-3/h6,8H,4-5,7H2,1-3H3,(H,14,19)(H,15,16,17)/t8-/m0/s1. The lowest BCUT2D eigenvalue weighted by molar-refractivity contribution is -0.139. The van der Waals surface area contributed by atoms with E-state index < -0.39 is 11.2 Å². The van der Waals surface area contributed by atoms with Gasteiger partial charge in [-0.25, -0.2) is 4.98 Å². The van der Waals surface area contributed by atoms with Crippen molar-refractivity contribution in [2.75, 3.05) is 13.7 Å². The number of nitrogens with one attached hydrogen (secondary N) is 2. The van der Waals surface area contributed by atoms with Crippen LogP contribution in [-0.4, -0.2) is 40.7 Å². The molecule has 0 unspecified atom stereocenters. The zero-order valence-electron chi connectivity index (χ0n) is 12.3. The summed E-state index contributed by atoms with van der Waals surface area (Å²) in [5, 5.41) is 2.68. The maximum absolute atomic E-state index is 11.8. The van der Waals surface area contributed by atoms with Crippen molar-refractivity contribution >= 4 is 23.6 Å². The second-order valence-electron chi connectivity index (χ2n) is 4.35. The normalized spacial score (nSPS) is 11.8. The third-order valence-corrected chi connectivity index (χ3v) is 3.52. The molecule has 1 aromatic heterocycles. The quantitative estimate of drug-likeness (QED) is 0.432. The third-order valence-electron chi connectivity index (χ3n) is 2.53. The number of aromatic nitrogens is 2. The number of methoxy groups -OCH3 is 1. The Morgan fingerprint density at radius 2 is 2.24 bits per heavy atom. The van der Waals surface area contributed by atoms with Crippen LogP contribution in [0.1, 0.15) is 26.0 Å². The van der Waals surface area contributed by atoms with Gasteiger partial charge < -0.3 is 15.0 Å². The summed E-state index contributed by atoms with van der Waals surface area (Å²) < 4.78 is 4.54. The zero-order chi connectivity index (χ0) is 15.8. The first-order valence-electron chi connectivity index (χ1n) is 6.57. The molecule has 1 heterocycles. The number of carbonyl (C=O) groups is 2. The van der Waals surface area contributed by atoms with E-state index >= 15 is 0 Å². The zero-order valence-corrected chi connectivity index (χ0v) is 13.1. The second kappa shape index (κ2) is 8.46. The van der Waals surface area contributed by atoms with Gasteiger partial charge in [0.15, 0.2) is 5.16 Å². The molecule has 8 heteroatoms. The molecule has 0 fully saturated rings. The van der Waals surface area contributed by atoms with Crippen molar-refractivity contribution < 1.29 is 14.3 Å². The molecule has 0 bridgehead atoms. The van der Waals surface area contributed by atoms with E-state index in [9.17, 15) is 14.4 Å². The number of rotatable bonds is 7. The molecule has 1 amide bonds. The number of aromatic amines is 1. The molecule has 0 radical (unpaired) electrons. The van der Waals surface area contributed by atoms with E-state index in [4.69, 9.17) is 0 Å². The average Bonchev–Trinajstić information content (AvgIpc) is 2.43. The lowest BCUT2D eigenvalue weighted by Crippen LogP contribution is -2.31. The molecule has 1 aromatic rings. The Labute approximate surface area is 126 Å². The number of nitrogens with zero attached hydrogens (tertiary/aromatic N) is 1. The maximum atomic E-state index is 11.8. The van der Waals surface area contributed by atoms with Gasteiger partial charge in [0.25, 0.3) is 5.56 Å². The summed E-state index contributed by atoms with van der Waals surface area (Å²) in [6.07, 6.45) is 0.775. The van der Waals surface area contributed by atoms with Gasteiger partial charge in [-0.15, -0.1) is 0 Å². The van der Waals surface area contributed by atoms with Gasteiger partial charge in [0, 0.05) is 12.6 Å². The van der Waals surface area contributed by atoms with Crippen LogP contribution < -0.4 is 10.9 Å². The molecule has 0 aliphatic rings. The van der Waals surface area contributed by atoms with E-state index in [0.717, 1.165) is 18.2 Å². The van der Waals surface area contributed by atoms with Gasteiger partial charge in [-0.05, 0) is 13.3 Å². The molecule has 0 aliphatic heterocycles. The van der Waals surface area contributed by atoms with Gasteiger partial charge in [-0.3, -0.25) is 14.4 Å². The number of carbonyl (C=O) groups excluding carboxylic acids is 2. The molecule has 1 atom stereocenters. The smallest absolute Gasteiger partial charge is 0.311 e. The van der Waals surface area contributed by atoms with Gasteiger partial charge in [0.2, 0.25) is 5.91 Å². The van der Waals surface area contributed by atoms with E-state index in [0.29, 0.717) is 17.4 Å². The predicted molar refractivity (Wildman–Crippen MR) is 79.2 cm³/mol. The van der Waals surface area contributed by atoms with Crippen molar-refractivity contribution in [3.05, 3.63) is 22.1 Å². The van der Waals surface area contributed by atoms with Gasteiger partial charge in [-0.2, -0.15) is 0 Å². The molecule has 0 saturated carbocycles. The molecular weight excluding hydrogens is 294 g/mol. The predicted octanol–water partition coefficient (Wildman–Crippen LogP) is 0.492. The molecule has 116 valence electrons. The first-order valence-corrected chi connectivity index (χ1v) is 7.45. The van der Waals surface area contributed by atoms with Gasteiger partial charge in [0.05, 0.1) is 24.5 Å². The summed E-state index contributed by atoms with van der Waals surface area (Å²) in [6, 6.07) is 1.24. The van der Waals surface area contributed by atoms with E-state index in [1.165, 1.54) is 13.2 Å². The highest BCUT2D eigenvalue weighted by molar-refractivity contribution is 8.00. The summed E-state index contributed by atoms with van der Waals surface area (Å²) in [6.45, 7) is 4.30. The van der Waals surface area contributed by atoms with E-state index in [1.807, 2.05) is 6.92 Å². The number of amides is 1. The highest BCUT2D eigenvalue weighted by atomic mass is 32.2. The summed E-state index contributed by atoms with van der Waals surface area (Å²) in [7, 11) is 1.27. The van der Waals surface area contributed by atoms with Crippen molar-refractivity contribution in [1.82, 2.24) is 15.3 Å². The van der Waals surface area contributed by atoms with E-state index in [-0.39, 0.29) is 17.9 Å². The minimum atomic E-state index is -0.474. The van der Waals surface area contributed by atoms with Gasteiger partial charge in [0.1, 0.15) is 0 Å². The fourth-order valence-electron chi connectivity index (χ4n) is 1.46. The number of hydrogen-bond acceptors (Lipinski definition) is 6. The molecule has 21 heavy (non-hydrogen) atoms. The third kappa shape index (κ3) is 5.99. The SMILES string of the molecule is CCCNC(=O)[C@H](C)Sc1nc(CC(=O)OC)cc(=O)[nH]1. The van der Waals surface area contributed by atoms with Gasteiger partial charge >= 0.3 is 5.97 Å². The van der Waals surface area contributed by atoms with Gasteiger partial charge in [-0.1, -0.05) is 18.7 Å². The van der Waals surface area contributed by atoms with Crippen LogP contribution in [0.5, 0.6) is 0 Å². The average molecular weight is 313 g/mol. The molecular formula is C13H19N3O4S. The summed E-state index contributed by atoms with van der Waals surface area (Å²) in [5.74, 6) is -0.597. The molecule has 0 aromatic carbocycles. The molecule has 2 N–H and O–H groups in total. The van der Waals surface area contributed by atoms with Crippen LogP contribution in [0.4, 0.5) is 0 Å². The topological polar surface area (TPSA) is 101 Å². The minimum absolute atomic E-state index is 0.0790. The number of hydrogen-bond donors (Lipinski definition) is 2. The van der Waals surface area contributed by atoms with Crippen molar-refractivity contribution in [3.63, 3.8) is 0 Å². The Morgan fingerprint density at radius 3 is 2.86 bits per heavy atom. The molecule has 0 spiro atoms. The Kier molecular flexibility index (Phi) is 6.93. The largest absolute Gasteiger partial charge is 0.469 e. The summed E-state index contributed by atoms with van der Waals surface area (Å²) >= 11 is 1.13. The molecule has 1 rings (SSSR count). The van der Waals surface area contributed by atoms with Crippen LogP contribution >= 0.6 is 11.8 Å². The molecule has 7 nitrogen and oxygen atoms in total. The molecule has 0 saturated heterocycles. The Morgan fingerprint density at radius 1 is 1.52 bits per heavy atom. The number of ether oxygens (including phenoxy) is 1. The highest BCUT2D eigenvalue weighted by Crippen LogP contribution is 2.18. The van der Waals surface area contributed by atoms with Crippen LogP contribution in [0, 0.1) is 0 Å². The fraction of sp³-hybridized carbons (Fsp3) is 0.538. The summed E-state index contributed by atoms with van der Waals surface area (Å²) in [4.78, 5) is 41.2. The first-order chi connectivity index (χ1) is 9.96. The summed E-state index contributed by atoms with van der Waals surface area (Å²) in [5.41, 5.74) is -0.0539. The van der Waals surface area contributed by atoms with E-state index in [1.54, 1.807) is 6.92 Å². The Hall–Kier alpha value is -1.83. The fourth-order valence-corrected chi connectivity index (χ4v) is 2.32. The van der Waals surface area contributed by atoms with Crippen LogP contribution in [0.3, 0.4) is 0 Å². The second-order valence-corrected chi connectivity index (χ2v) is 5.68. The lowest BCUT2D eigenvalue weighted by atomic mass is 10.3. The van der Waals surface area contributed by atoms with Crippen molar-refractivity contribution in [2.24, 2.45) is 0 Å². The van der Waals surface area contributed by atoms with Crippen LogP contribution in [0.2, 0.25) is 0 Å². The van der Waals surface area contributed by atoms with Crippen molar-refractivity contribution in [1.29, 1.82) is 0 Å². The van der Waals surface area contributed by atoms with Crippen LogP contribution in [0.25, 0.3) is 0 Å². The Bertz CT molecular complexity index is 559. The van der Waals surface area contributed by atoms with E-state index in [2.05, 4.69) is 20.0 Å². The van der Waals surface area contributed by atoms with Crippen LogP contribution in [0.15, 0.2) is 16.0 Å². The van der Waals surface area contributed by atoms with Crippen molar-refractivity contribution in [2.45, 2.75) is 37.1 Å². The van der Waals surface area contributed by atoms with Crippen molar-refractivity contribution in [3.8, 4) is 0 Å². The first kappa shape index (κ1) is 17.2. The number of thioether (sulfide) groups is 1. The minimum Gasteiger partial charge on any atom is -0.469 e. The number of esters is 1. The van der Waals surface area contributed by atoms with Crippen LogP contribution in [-0.2, 0) is 20.7 Å². The monoisotopic (exact) mass is 313 g/mol. The lowest BCUT2D eigenvalue weighted by Gasteiger charge is -2.11. The number of H-pyrrole nitrogens is 1. The Balaban J connectivity index is 2.76. The highest BCUT2D eigenvalue weighted by Gasteiger charge is 2.16. The maximum Gasteiger partial charge on any atom is 0.311 e.